The topological polar surface area (TPSA) is 47.0 Å². The van der Waals surface area contributed by atoms with Crippen LogP contribution < -0.4 is 5.32 Å². The number of hydrogen-bond donors (Lipinski definition) is 1. The molecule has 118 valence electrons. The highest BCUT2D eigenvalue weighted by molar-refractivity contribution is 9.10. The molecule has 0 spiro atoms. The first kappa shape index (κ1) is 16.9. The molecular formula is C17H22BrN3O. The van der Waals surface area contributed by atoms with Crippen LogP contribution in [0.4, 0.5) is 5.82 Å². The fourth-order valence-corrected chi connectivity index (χ4v) is 2.20. The van der Waals surface area contributed by atoms with Crippen molar-refractivity contribution >= 4 is 21.7 Å². The van der Waals surface area contributed by atoms with Crippen LogP contribution in [0.5, 0.6) is 0 Å². The first-order chi connectivity index (χ1) is 10.4. The van der Waals surface area contributed by atoms with E-state index < -0.39 is 0 Å². The minimum atomic E-state index is -0.0994. The molecule has 0 unspecified atom stereocenters. The van der Waals surface area contributed by atoms with Crippen LogP contribution >= 0.6 is 15.9 Å². The van der Waals surface area contributed by atoms with E-state index >= 15 is 0 Å². The van der Waals surface area contributed by atoms with Crippen molar-refractivity contribution in [3.8, 4) is 0 Å². The average molecular weight is 364 g/mol. The van der Waals surface area contributed by atoms with Gasteiger partial charge in [0, 0.05) is 29.6 Å². The lowest BCUT2D eigenvalue weighted by Gasteiger charge is -2.19. The zero-order valence-electron chi connectivity index (χ0n) is 13.5. The molecule has 1 N–H and O–H groups in total. The second-order valence-corrected chi connectivity index (χ2v) is 7.15. The third-order valence-corrected chi connectivity index (χ3v) is 3.66. The van der Waals surface area contributed by atoms with Gasteiger partial charge >= 0.3 is 0 Å². The molecule has 0 amide bonds. The first-order valence-electron chi connectivity index (χ1n) is 7.24. The molecule has 1 heterocycles. The molecule has 1 aromatic heterocycles. The molecule has 2 aromatic rings. The Morgan fingerprint density at radius 2 is 1.82 bits per heavy atom. The van der Waals surface area contributed by atoms with E-state index in [2.05, 4.69) is 64.1 Å². The number of methoxy groups -OCH3 is 1. The van der Waals surface area contributed by atoms with Crippen LogP contribution in [0.1, 0.15) is 37.9 Å². The molecular weight excluding hydrogens is 342 g/mol. The minimum Gasteiger partial charge on any atom is -0.378 e. The lowest BCUT2D eigenvalue weighted by Crippen LogP contribution is -2.18. The van der Waals surface area contributed by atoms with Gasteiger partial charge in [-0.2, -0.15) is 0 Å². The molecule has 0 aliphatic rings. The largest absolute Gasteiger partial charge is 0.378 e. The van der Waals surface area contributed by atoms with Crippen LogP contribution in [0.15, 0.2) is 34.8 Å². The highest BCUT2D eigenvalue weighted by Gasteiger charge is 2.19. The Morgan fingerprint density at radius 3 is 2.41 bits per heavy atom. The van der Waals surface area contributed by atoms with E-state index in [0.717, 1.165) is 28.4 Å². The van der Waals surface area contributed by atoms with E-state index in [-0.39, 0.29) is 5.41 Å². The Hall–Kier alpha value is -1.46. The van der Waals surface area contributed by atoms with Crippen LogP contribution in [-0.4, -0.2) is 17.1 Å². The van der Waals surface area contributed by atoms with Crippen molar-refractivity contribution in [1.29, 1.82) is 0 Å². The number of ether oxygens (including phenoxy) is 1. The lowest BCUT2D eigenvalue weighted by molar-refractivity contribution is 0.181. The van der Waals surface area contributed by atoms with Crippen molar-refractivity contribution in [3.63, 3.8) is 0 Å². The molecule has 2 rings (SSSR count). The number of halogens is 1. The summed E-state index contributed by atoms with van der Waals surface area (Å²) in [5, 5.41) is 3.37. The van der Waals surface area contributed by atoms with Gasteiger partial charge in [-0.1, -0.05) is 48.8 Å². The van der Waals surface area contributed by atoms with Gasteiger partial charge in [0.15, 0.2) is 0 Å². The summed E-state index contributed by atoms with van der Waals surface area (Å²) in [6.45, 7) is 7.53. The summed E-state index contributed by atoms with van der Waals surface area (Å²) in [4.78, 5) is 9.21. The molecule has 0 aliphatic carbocycles. The zero-order chi connectivity index (χ0) is 16.2. The fraction of sp³-hybridized carbons (Fsp3) is 0.412. The van der Waals surface area contributed by atoms with Crippen molar-refractivity contribution in [2.45, 2.75) is 39.3 Å². The Labute approximate surface area is 140 Å². The van der Waals surface area contributed by atoms with Gasteiger partial charge in [0.25, 0.3) is 0 Å². The zero-order valence-corrected chi connectivity index (χ0v) is 15.1. The number of nitrogens with zero attached hydrogens (tertiary/aromatic N) is 2. The maximum absolute atomic E-state index is 5.20. The van der Waals surface area contributed by atoms with Gasteiger partial charge in [0.1, 0.15) is 11.6 Å². The minimum absolute atomic E-state index is 0.0994. The SMILES string of the molecule is COCc1cc(NCc2ccc(Br)cc2)nc(C(C)(C)C)n1. The fourth-order valence-electron chi connectivity index (χ4n) is 1.94. The van der Waals surface area contributed by atoms with Crippen LogP contribution in [0.3, 0.4) is 0 Å². The second kappa shape index (κ2) is 7.20. The molecule has 22 heavy (non-hydrogen) atoms. The van der Waals surface area contributed by atoms with Gasteiger partial charge in [-0.15, -0.1) is 0 Å². The Kier molecular flexibility index (Phi) is 5.53. The van der Waals surface area contributed by atoms with Crippen LogP contribution in [0, 0.1) is 0 Å². The summed E-state index contributed by atoms with van der Waals surface area (Å²) in [7, 11) is 1.67. The summed E-state index contributed by atoms with van der Waals surface area (Å²) < 4.78 is 6.28. The van der Waals surface area contributed by atoms with E-state index in [9.17, 15) is 0 Å². The number of aromatic nitrogens is 2. The summed E-state index contributed by atoms with van der Waals surface area (Å²) in [6, 6.07) is 10.2. The smallest absolute Gasteiger partial charge is 0.136 e. The molecule has 0 radical (unpaired) electrons. The van der Waals surface area contributed by atoms with Crippen LogP contribution in [-0.2, 0) is 23.3 Å². The average Bonchev–Trinajstić information content (AvgIpc) is 2.46. The predicted molar refractivity (Wildman–Crippen MR) is 92.9 cm³/mol. The third-order valence-electron chi connectivity index (χ3n) is 3.13. The molecule has 0 saturated heterocycles. The molecule has 5 heteroatoms. The lowest BCUT2D eigenvalue weighted by atomic mass is 9.95. The van der Waals surface area contributed by atoms with Crippen LogP contribution in [0.2, 0.25) is 0 Å². The summed E-state index contributed by atoms with van der Waals surface area (Å²) in [6.07, 6.45) is 0. The first-order valence-corrected chi connectivity index (χ1v) is 8.03. The van der Waals surface area contributed by atoms with Gasteiger partial charge in [-0.05, 0) is 17.7 Å². The standard InChI is InChI=1S/C17H22BrN3O/c1-17(2,3)16-20-14(11-22-4)9-15(21-16)19-10-12-5-7-13(18)8-6-12/h5-9H,10-11H2,1-4H3,(H,19,20,21). The van der Waals surface area contributed by atoms with Crippen molar-refractivity contribution < 1.29 is 4.74 Å². The van der Waals surface area contributed by atoms with Gasteiger partial charge < -0.3 is 10.1 Å². The van der Waals surface area contributed by atoms with Crippen molar-refractivity contribution in [3.05, 3.63) is 51.9 Å². The van der Waals surface area contributed by atoms with E-state index in [1.165, 1.54) is 5.56 Å². The highest BCUT2D eigenvalue weighted by atomic mass is 79.9. The molecule has 1 aromatic carbocycles. The van der Waals surface area contributed by atoms with E-state index in [0.29, 0.717) is 6.61 Å². The summed E-state index contributed by atoms with van der Waals surface area (Å²) >= 11 is 3.44. The monoisotopic (exact) mass is 363 g/mol. The molecule has 0 fully saturated rings. The quantitative estimate of drug-likeness (QED) is 0.860. The second-order valence-electron chi connectivity index (χ2n) is 6.23. The molecule has 0 aliphatic heterocycles. The molecule has 0 bridgehead atoms. The molecule has 4 nitrogen and oxygen atoms in total. The summed E-state index contributed by atoms with van der Waals surface area (Å²) in [5.74, 6) is 1.65. The normalized spacial score (nSPS) is 11.5. The number of anilines is 1. The Bertz CT molecular complexity index is 621. The van der Waals surface area contributed by atoms with Gasteiger partial charge in [0.2, 0.25) is 0 Å². The predicted octanol–water partition coefficient (Wildman–Crippen LogP) is 4.30. The van der Waals surface area contributed by atoms with Crippen LogP contribution in [0.25, 0.3) is 0 Å². The number of benzene rings is 1. The van der Waals surface area contributed by atoms with Crippen molar-refractivity contribution in [1.82, 2.24) is 9.97 Å². The van der Waals surface area contributed by atoms with E-state index in [1.54, 1.807) is 7.11 Å². The third kappa shape index (κ3) is 4.78. The number of rotatable bonds is 5. The van der Waals surface area contributed by atoms with Gasteiger partial charge in [0.05, 0.1) is 12.3 Å². The molecule has 0 saturated carbocycles. The van der Waals surface area contributed by atoms with E-state index in [4.69, 9.17) is 4.74 Å². The van der Waals surface area contributed by atoms with Gasteiger partial charge in [-0.25, -0.2) is 9.97 Å². The Morgan fingerprint density at radius 1 is 1.14 bits per heavy atom. The maximum atomic E-state index is 5.20. The van der Waals surface area contributed by atoms with Crippen molar-refractivity contribution in [2.24, 2.45) is 0 Å². The van der Waals surface area contributed by atoms with E-state index in [1.807, 2.05) is 18.2 Å². The Balaban J connectivity index is 2.18. The number of nitrogens with one attached hydrogen (secondary N) is 1. The highest BCUT2D eigenvalue weighted by Crippen LogP contribution is 2.21. The summed E-state index contributed by atoms with van der Waals surface area (Å²) in [5.41, 5.74) is 1.99. The van der Waals surface area contributed by atoms with Gasteiger partial charge in [-0.3, -0.25) is 0 Å². The number of hydrogen-bond acceptors (Lipinski definition) is 4. The molecule has 0 atom stereocenters. The maximum Gasteiger partial charge on any atom is 0.136 e. The van der Waals surface area contributed by atoms with Crippen molar-refractivity contribution in [2.75, 3.05) is 12.4 Å².